The first kappa shape index (κ1) is 14.3. The van der Waals surface area contributed by atoms with Gasteiger partial charge in [0, 0.05) is 32.3 Å². The summed E-state index contributed by atoms with van der Waals surface area (Å²) in [7, 11) is 0. The molecule has 1 aliphatic rings. The van der Waals surface area contributed by atoms with Gasteiger partial charge in [0.05, 0.1) is 11.8 Å². The van der Waals surface area contributed by atoms with Crippen molar-refractivity contribution >= 4 is 6.01 Å². The van der Waals surface area contributed by atoms with Crippen LogP contribution in [0.15, 0.2) is 10.7 Å². The summed E-state index contributed by atoms with van der Waals surface area (Å²) in [5, 5.41) is 3.34. The molecular formula is C14H25N3O2. The van der Waals surface area contributed by atoms with E-state index in [0.29, 0.717) is 18.2 Å². The molecule has 1 N–H and O–H groups in total. The first-order valence-electron chi connectivity index (χ1n) is 7.23. The number of anilines is 1. The molecule has 2 heterocycles. The minimum Gasteiger partial charge on any atom is -0.432 e. The van der Waals surface area contributed by atoms with Gasteiger partial charge in [0.25, 0.3) is 6.01 Å². The number of rotatable bonds is 7. The van der Waals surface area contributed by atoms with E-state index in [0.717, 1.165) is 44.8 Å². The molecule has 0 aliphatic carbocycles. The average Bonchev–Trinajstić information content (AvgIpc) is 3.04. The SMILES string of the molecule is CCN(CC1CCCO1)c1nc(CNC(C)C)co1. The lowest BCUT2D eigenvalue weighted by molar-refractivity contribution is 0.115. The molecule has 0 radical (unpaired) electrons. The van der Waals surface area contributed by atoms with Crippen molar-refractivity contribution in [2.45, 2.75) is 52.3 Å². The van der Waals surface area contributed by atoms with Gasteiger partial charge in [0.2, 0.25) is 0 Å². The summed E-state index contributed by atoms with van der Waals surface area (Å²) in [5.41, 5.74) is 0.953. The van der Waals surface area contributed by atoms with Crippen molar-refractivity contribution in [2.75, 3.05) is 24.6 Å². The van der Waals surface area contributed by atoms with E-state index in [2.05, 4.69) is 36.0 Å². The fraction of sp³-hybridized carbons (Fsp3) is 0.786. The molecule has 0 spiro atoms. The first-order chi connectivity index (χ1) is 9.19. The van der Waals surface area contributed by atoms with E-state index in [1.54, 1.807) is 6.26 Å². The summed E-state index contributed by atoms with van der Waals surface area (Å²) in [6.07, 6.45) is 4.36. The molecule has 5 nitrogen and oxygen atoms in total. The molecule has 0 amide bonds. The maximum absolute atomic E-state index is 5.67. The second-order valence-electron chi connectivity index (χ2n) is 5.33. The Morgan fingerprint density at radius 1 is 1.53 bits per heavy atom. The van der Waals surface area contributed by atoms with Crippen LogP contribution in [-0.4, -0.2) is 36.8 Å². The summed E-state index contributed by atoms with van der Waals surface area (Å²) in [4.78, 5) is 6.68. The molecule has 1 atom stereocenters. The molecular weight excluding hydrogens is 242 g/mol. The topological polar surface area (TPSA) is 50.5 Å². The Hall–Kier alpha value is -1.07. The van der Waals surface area contributed by atoms with Crippen molar-refractivity contribution in [3.05, 3.63) is 12.0 Å². The van der Waals surface area contributed by atoms with E-state index in [-0.39, 0.29) is 0 Å². The summed E-state index contributed by atoms with van der Waals surface area (Å²) < 4.78 is 11.2. The lowest BCUT2D eigenvalue weighted by Gasteiger charge is -2.21. The number of hydrogen-bond donors (Lipinski definition) is 1. The van der Waals surface area contributed by atoms with Gasteiger partial charge >= 0.3 is 0 Å². The highest BCUT2D eigenvalue weighted by Gasteiger charge is 2.21. The number of ether oxygens (including phenoxy) is 1. The quantitative estimate of drug-likeness (QED) is 0.820. The van der Waals surface area contributed by atoms with Gasteiger partial charge in [-0.3, -0.25) is 0 Å². The molecule has 108 valence electrons. The molecule has 2 rings (SSSR count). The van der Waals surface area contributed by atoms with Crippen molar-refractivity contribution in [3.63, 3.8) is 0 Å². The Bertz CT molecular complexity index is 373. The Balaban J connectivity index is 1.90. The standard InChI is InChI=1S/C14H25N3O2/c1-4-17(9-13-6-5-7-18-13)14-16-12(10-19-14)8-15-11(2)3/h10-11,13,15H,4-9H2,1-3H3. The number of likely N-dealkylation sites (N-methyl/N-ethyl adjacent to an activating group) is 1. The fourth-order valence-corrected chi connectivity index (χ4v) is 2.21. The molecule has 0 aromatic carbocycles. The second-order valence-corrected chi connectivity index (χ2v) is 5.33. The average molecular weight is 267 g/mol. The molecule has 1 unspecified atom stereocenters. The molecule has 1 aromatic rings. The van der Waals surface area contributed by atoms with Crippen LogP contribution in [-0.2, 0) is 11.3 Å². The van der Waals surface area contributed by atoms with Crippen molar-refractivity contribution in [1.82, 2.24) is 10.3 Å². The Morgan fingerprint density at radius 3 is 3.00 bits per heavy atom. The fourth-order valence-electron chi connectivity index (χ4n) is 2.21. The summed E-state index contributed by atoms with van der Waals surface area (Å²) in [5.74, 6) is 0. The lowest BCUT2D eigenvalue weighted by Crippen LogP contribution is -2.32. The van der Waals surface area contributed by atoms with Crippen molar-refractivity contribution in [3.8, 4) is 0 Å². The monoisotopic (exact) mass is 267 g/mol. The predicted molar refractivity (Wildman–Crippen MR) is 75.3 cm³/mol. The molecule has 19 heavy (non-hydrogen) atoms. The van der Waals surface area contributed by atoms with Crippen molar-refractivity contribution in [1.29, 1.82) is 0 Å². The van der Waals surface area contributed by atoms with Crippen LogP contribution in [0.5, 0.6) is 0 Å². The summed E-state index contributed by atoms with van der Waals surface area (Å²) >= 11 is 0. The van der Waals surface area contributed by atoms with E-state index < -0.39 is 0 Å². The van der Waals surface area contributed by atoms with E-state index >= 15 is 0 Å². The minimum absolute atomic E-state index is 0.323. The number of oxazole rings is 1. The molecule has 1 aliphatic heterocycles. The highest BCUT2D eigenvalue weighted by atomic mass is 16.5. The third-order valence-electron chi connectivity index (χ3n) is 3.33. The maximum Gasteiger partial charge on any atom is 0.297 e. The molecule has 1 aromatic heterocycles. The second kappa shape index (κ2) is 6.91. The van der Waals surface area contributed by atoms with Gasteiger partial charge in [-0.15, -0.1) is 0 Å². The number of nitrogens with one attached hydrogen (secondary N) is 1. The molecule has 1 saturated heterocycles. The number of nitrogens with zero attached hydrogens (tertiary/aromatic N) is 2. The Kier molecular flexibility index (Phi) is 5.22. The zero-order chi connectivity index (χ0) is 13.7. The van der Waals surface area contributed by atoms with E-state index in [4.69, 9.17) is 9.15 Å². The van der Waals surface area contributed by atoms with E-state index in [9.17, 15) is 0 Å². The van der Waals surface area contributed by atoms with Gasteiger partial charge in [0.15, 0.2) is 0 Å². The van der Waals surface area contributed by atoms with Gasteiger partial charge in [-0.2, -0.15) is 4.98 Å². The van der Waals surface area contributed by atoms with Crippen molar-refractivity contribution < 1.29 is 9.15 Å². The van der Waals surface area contributed by atoms with Crippen LogP contribution in [0, 0.1) is 0 Å². The van der Waals surface area contributed by atoms with Gasteiger partial charge in [-0.1, -0.05) is 13.8 Å². The van der Waals surface area contributed by atoms with Gasteiger partial charge in [-0.25, -0.2) is 0 Å². The molecule has 0 bridgehead atoms. The zero-order valence-corrected chi connectivity index (χ0v) is 12.2. The molecule has 0 saturated carbocycles. The lowest BCUT2D eigenvalue weighted by atomic mass is 10.2. The predicted octanol–water partition coefficient (Wildman–Crippen LogP) is 2.18. The third-order valence-corrected chi connectivity index (χ3v) is 3.33. The maximum atomic E-state index is 5.67. The summed E-state index contributed by atoms with van der Waals surface area (Å²) in [6, 6.07) is 1.16. The van der Waals surface area contributed by atoms with Crippen LogP contribution >= 0.6 is 0 Å². The normalized spacial score (nSPS) is 19.3. The zero-order valence-electron chi connectivity index (χ0n) is 12.2. The van der Waals surface area contributed by atoms with Crippen LogP contribution in [0.25, 0.3) is 0 Å². The number of hydrogen-bond acceptors (Lipinski definition) is 5. The minimum atomic E-state index is 0.323. The molecule has 1 fully saturated rings. The Morgan fingerprint density at radius 2 is 2.37 bits per heavy atom. The largest absolute Gasteiger partial charge is 0.432 e. The van der Waals surface area contributed by atoms with E-state index in [1.165, 1.54) is 0 Å². The van der Waals surface area contributed by atoms with Crippen LogP contribution in [0.2, 0.25) is 0 Å². The molecule has 5 heteroatoms. The first-order valence-corrected chi connectivity index (χ1v) is 7.23. The van der Waals surface area contributed by atoms with Gasteiger partial charge in [-0.05, 0) is 19.8 Å². The summed E-state index contributed by atoms with van der Waals surface area (Å²) in [6.45, 7) is 9.75. The number of aromatic nitrogens is 1. The van der Waals surface area contributed by atoms with Gasteiger partial charge in [0.1, 0.15) is 6.26 Å². The highest BCUT2D eigenvalue weighted by Crippen LogP contribution is 2.18. The van der Waals surface area contributed by atoms with Crippen LogP contribution in [0.4, 0.5) is 6.01 Å². The Labute approximate surface area is 115 Å². The van der Waals surface area contributed by atoms with Gasteiger partial charge < -0.3 is 19.4 Å². The van der Waals surface area contributed by atoms with Crippen LogP contribution < -0.4 is 10.2 Å². The smallest absolute Gasteiger partial charge is 0.297 e. The van der Waals surface area contributed by atoms with Crippen molar-refractivity contribution in [2.24, 2.45) is 0 Å². The third kappa shape index (κ3) is 4.21. The highest BCUT2D eigenvalue weighted by molar-refractivity contribution is 5.27. The van der Waals surface area contributed by atoms with Crippen LogP contribution in [0.1, 0.15) is 39.3 Å². The van der Waals surface area contributed by atoms with E-state index in [1.807, 2.05) is 0 Å². The van der Waals surface area contributed by atoms with Crippen LogP contribution in [0.3, 0.4) is 0 Å².